The largest absolute Gasteiger partial charge is 0.452 e. The fourth-order valence-electron chi connectivity index (χ4n) is 3.11. The number of sulfonamides is 1. The number of carbonyl (C=O) groups is 2. The molecule has 1 aliphatic rings. The van der Waals surface area contributed by atoms with Crippen molar-refractivity contribution >= 4 is 27.6 Å². The molecule has 2 aromatic carbocycles. The minimum absolute atomic E-state index is 0.178. The first-order valence-electron chi connectivity index (χ1n) is 9.58. The van der Waals surface area contributed by atoms with Crippen LogP contribution in [0.1, 0.15) is 35.2 Å². The number of rotatable bonds is 6. The molecular formula is C21H20FN3O5S. The Morgan fingerprint density at radius 3 is 2.42 bits per heavy atom. The van der Waals surface area contributed by atoms with E-state index in [-0.39, 0.29) is 5.56 Å². The highest BCUT2D eigenvalue weighted by Gasteiger charge is 2.29. The normalized spacial score (nSPS) is 14.5. The van der Waals surface area contributed by atoms with E-state index in [4.69, 9.17) is 10.00 Å². The van der Waals surface area contributed by atoms with Crippen LogP contribution in [0, 0.1) is 17.1 Å². The summed E-state index contributed by atoms with van der Waals surface area (Å²) in [5, 5.41) is 11.3. The molecule has 1 amide bonds. The van der Waals surface area contributed by atoms with E-state index in [1.807, 2.05) is 6.07 Å². The van der Waals surface area contributed by atoms with Crippen LogP contribution < -0.4 is 5.32 Å². The number of ether oxygens (including phenoxy) is 1. The number of halogens is 1. The van der Waals surface area contributed by atoms with Gasteiger partial charge in [0.2, 0.25) is 10.0 Å². The summed E-state index contributed by atoms with van der Waals surface area (Å²) >= 11 is 0. The quantitative estimate of drug-likeness (QED) is 0.684. The van der Waals surface area contributed by atoms with Crippen LogP contribution in [0.4, 0.5) is 10.1 Å². The van der Waals surface area contributed by atoms with Gasteiger partial charge in [-0.05, 0) is 55.3 Å². The summed E-state index contributed by atoms with van der Waals surface area (Å²) in [7, 11) is -4.08. The Bertz CT molecular complexity index is 1120. The highest BCUT2D eigenvalue weighted by atomic mass is 32.2. The molecular weight excluding hydrogens is 425 g/mol. The molecule has 1 aliphatic heterocycles. The van der Waals surface area contributed by atoms with Crippen molar-refractivity contribution in [3.63, 3.8) is 0 Å². The number of nitriles is 1. The summed E-state index contributed by atoms with van der Waals surface area (Å²) in [5.41, 5.74) is 0.663. The van der Waals surface area contributed by atoms with Crippen molar-refractivity contribution < 1.29 is 27.1 Å². The van der Waals surface area contributed by atoms with Crippen LogP contribution in [-0.2, 0) is 19.6 Å². The molecule has 0 unspecified atom stereocenters. The topological polar surface area (TPSA) is 117 Å². The lowest BCUT2D eigenvalue weighted by atomic mass is 10.2. The van der Waals surface area contributed by atoms with Crippen molar-refractivity contribution in [2.24, 2.45) is 0 Å². The lowest BCUT2D eigenvalue weighted by Crippen LogP contribution is -2.36. The van der Waals surface area contributed by atoms with Gasteiger partial charge < -0.3 is 10.1 Å². The summed E-state index contributed by atoms with van der Waals surface area (Å²) < 4.78 is 45.9. The van der Waals surface area contributed by atoms with E-state index in [2.05, 4.69) is 5.32 Å². The number of piperidine rings is 1. The third kappa shape index (κ3) is 5.45. The molecule has 162 valence electrons. The Morgan fingerprint density at radius 1 is 1.10 bits per heavy atom. The third-order valence-electron chi connectivity index (χ3n) is 4.73. The van der Waals surface area contributed by atoms with Crippen LogP contribution in [0.3, 0.4) is 0 Å². The number of hydrogen-bond acceptors (Lipinski definition) is 6. The van der Waals surface area contributed by atoms with Gasteiger partial charge in [-0.2, -0.15) is 9.57 Å². The molecule has 0 aromatic heterocycles. The van der Waals surface area contributed by atoms with Crippen LogP contribution in [0.25, 0.3) is 0 Å². The van der Waals surface area contributed by atoms with Crippen molar-refractivity contribution in [3.05, 3.63) is 59.4 Å². The molecule has 0 aliphatic carbocycles. The highest BCUT2D eigenvalue weighted by molar-refractivity contribution is 7.89. The average Bonchev–Trinajstić information content (AvgIpc) is 2.78. The van der Waals surface area contributed by atoms with Crippen molar-refractivity contribution in [2.75, 3.05) is 25.0 Å². The molecule has 31 heavy (non-hydrogen) atoms. The van der Waals surface area contributed by atoms with Gasteiger partial charge in [0.1, 0.15) is 10.7 Å². The lowest BCUT2D eigenvalue weighted by Gasteiger charge is -2.26. The van der Waals surface area contributed by atoms with E-state index in [0.29, 0.717) is 37.2 Å². The van der Waals surface area contributed by atoms with E-state index in [9.17, 15) is 22.4 Å². The predicted molar refractivity (Wildman–Crippen MR) is 109 cm³/mol. The number of nitrogens with zero attached hydrogens (tertiary/aromatic N) is 2. The van der Waals surface area contributed by atoms with Crippen LogP contribution >= 0.6 is 0 Å². The first-order chi connectivity index (χ1) is 14.8. The summed E-state index contributed by atoms with van der Waals surface area (Å²) in [5.74, 6) is -2.54. The fraction of sp³-hybridized carbons (Fsp3) is 0.286. The minimum atomic E-state index is -4.08. The Hall–Kier alpha value is -3.29. The maximum Gasteiger partial charge on any atom is 0.338 e. The molecule has 0 radical (unpaired) electrons. The van der Waals surface area contributed by atoms with Crippen LogP contribution in [0.5, 0.6) is 0 Å². The summed E-state index contributed by atoms with van der Waals surface area (Å²) in [6.45, 7) is -0.0254. The van der Waals surface area contributed by atoms with Gasteiger partial charge in [-0.15, -0.1) is 0 Å². The second-order valence-electron chi connectivity index (χ2n) is 6.92. The predicted octanol–water partition coefficient (Wildman–Crippen LogP) is 2.67. The molecule has 0 saturated carbocycles. The fourth-order valence-corrected chi connectivity index (χ4v) is 4.72. The molecule has 3 rings (SSSR count). The second-order valence-corrected chi connectivity index (χ2v) is 8.83. The van der Waals surface area contributed by atoms with Crippen molar-refractivity contribution in [2.45, 2.75) is 24.2 Å². The van der Waals surface area contributed by atoms with E-state index < -0.39 is 39.2 Å². The molecule has 1 N–H and O–H groups in total. The van der Waals surface area contributed by atoms with Gasteiger partial charge in [-0.1, -0.05) is 6.42 Å². The van der Waals surface area contributed by atoms with Gasteiger partial charge >= 0.3 is 5.97 Å². The van der Waals surface area contributed by atoms with Crippen molar-refractivity contribution in [1.29, 1.82) is 5.26 Å². The monoisotopic (exact) mass is 445 g/mol. The van der Waals surface area contributed by atoms with Crippen LogP contribution in [-0.4, -0.2) is 44.3 Å². The molecule has 10 heteroatoms. The van der Waals surface area contributed by atoms with Crippen LogP contribution in [0.15, 0.2) is 47.4 Å². The van der Waals surface area contributed by atoms with E-state index in [1.54, 1.807) is 0 Å². The minimum Gasteiger partial charge on any atom is -0.452 e. The van der Waals surface area contributed by atoms with E-state index in [1.165, 1.54) is 28.6 Å². The smallest absolute Gasteiger partial charge is 0.338 e. The molecule has 2 aromatic rings. The number of amides is 1. The number of hydrogen-bond donors (Lipinski definition) is 1. The second kappa shape index (κ2) is 9.68. The zero-order valence-corrected chi connectivity index (χ0v) is 17.3. The maximum atomic E-state index is 14.3. The molecule has 1 saturated heterocycles. The van der Waals surface area contributed by atoms with Crippen LogP contribution in [0.2, 0.25) is 0 Å². The summed E-state index contributed by atoms with van der Waals surface area (Å²) in [6.07, 6.45) is 2.29. The summed E-state index contributed by atoms with van der Waals surface area (Å²) in [6, 6.07) is 11.0. The molecule has 1 fully saturated rings. The zero-order chi connectivity index (χ0) is 22.4. The van der Waals surface area contributed by atoms with Gasteiger partial charge in [0.15, 0.2) is 6.61 Å². The van der Waals surface area contributed by atoms with Crippen molar-refractivity contribution in [3.8, 4) is 6.07 Å². The third-order valence-corrected chi connectivity index (χ3v) is 6.65. The van der Waals surface area contributed by atoms with Gasteiger partial charge in [0.25, 0.3) is 5.91 Å². The molecule has 0 atom stereocenters. The number of carbonyl (C=O) groups excluding carboxylic acids is 2. The number of anilines is 1. The van der Waals surface area contributed by atoms with Gasteiger partial charge in [-0.3, -0.25) is 4.79 Å². The number of benzene rings is 2. The Kier molecular flexibility index (Phi) is 6.99. The molecule has 1 heterocycles. The standard InChI is InChI=1S/C21H20FN3O5S/c22-18-9-6-16(12-19(18)31(28,29)25-10-2-1-3-11-25)21(27)30-14-20(26)24-17-7-4-15(13-23)5-8-17/h4-9,12H,1-3,10-11,14H2,(H,24,26). The average molecular weight is 445 g/mol. The highest BCUT2D eigenvalue weighted by Crippen LogP contribution is 2.24. The Balaban J connectivity index is 1.65. The lowest BCUT2D eigenvalue weighted by molar-refractivity contribution is -0.119. The van der Waals surface area contributed by atoms with E-state index >= 15 is 0 Å². The van der Waals surface area contributed by atoms with Crippen molar-refractivity contribution in [1.82, 2.24) is 4.31 Å². The van der Waals surface area contributed by atoms with Gasteiger partial charge in [-0.25, -0.2) is 17.6 Å². The number of nitrogens with one attached hydrogen (secondary N) is 1. The zero-order valence-electron chi connectivity index (χ0n) is 16.5. The van der Waals surface area contributed by atoms with Gasteiger partial charge in [0.05, 0.1) is 17.2 Å². The molecule has 8 nitrogen and oxygen atoms in total. The molecule has 0 bridgehead atoms. The maximum absolute atomic E-state index is 14.3. The number of esters is 1. The first kappa shape index (κ1) is 22.4. The van der Waals surface area contributed by atoms with E-state index in [0.717, 1.165) is 24.6 Å². The SMILES string of the molecule is N#Cc1ccc(NC(=O)COC(=O)c2ccc(F)c(S(=O)(=O)N3CCCCC3)c2)cc1. The Morgan fingerprint density at radius 2 is 1.77 bits per heavy atom. The Labute approximate surface area is 179 Å². The first-order valence-corrected chi connectivity index (χ1v) is 11.0. The van der Waals surface area contributed by atoms with Gasteiger partial charge in [0, 0.05) is 18.8 Å². The summed E-state index contributed by atoms with van der Waals surface area (Å²) in [4.78, 5) is 23.7. The molecule has 0 spiro atoms.